The Morgan fingerprint density at radius 2 is 1.65 bits per heavy atom. The largest absolute Gasteiger partial charge is 0.356 e. The van der Waals surface area contributed by atoms with E-state index in [-0.39, 0.29) is 35.5 Å². The van der Waals surface area contributed by atoms with Gasteiger partial charge < -0.3 is 10.6 Å². The first kappa shape index (κ1) is 19.8. The molecule has 160 valence electrons. The van der Waals surface area contributed by atoms with E-state index in [1.165, 1.54) is 21.2 Å². The van der Waals surface area contributed by atoms with Crippen molar-refractivity contribution in [1.82, 2.24) is 15.5 Å². The molecule has 2 aromatic carbocycles. The number of hydrogen-bond donors (Lipinski definition) is 2. The molecule has 3 aliphatic rings. The van der Waals surface area contributed by atoms with Crippen LogP contribution in [0.4, 0.5) is 0 Å². The maximum Gasteiger partial charge on any atom is 0.233 e. The molecule has 4 unspecified atom stereocenters. The maximum atomic E-state index is 12.8. The second-order valence-electron chi connectivity index (χ2n) is 8.64. The zero-order chi connectivity index (χ0) is 21.4. The Kier molecular flexibility index (Phi) is 5.22. The molecule has 2 fully saturated rings. The summed E-state index contributed by atoms with van der Waals surface area (Å²) in [5.41, 5.74) is 1.30. The minimum absolute atomic E-state index is 0.00699. The number of hydrogen-bond acceptors (Lipinski definition) is 3. The molecule has 5 rings (SSSR count). The van der Waals surface area contributed by atoms with Crippen molar-refractivity contribution in [2.75, 3.05) is 26.7 Å². The lowest BCUT2D eigenvalue weighted by Crippen LogP contribution is -2.44. The lowest BCUT2D eigenvalue weighted by molar-refractivity contribution is -0.140. The number of allylic oxidation sites excluding steroid dienone is 2. The third-order valence-electron chi connectivity index (χ3n) is 6.98. The van der Waals surface area contributed by atoms with Crippen LogP contribution < -0.4 is 10.6 Å². The standard InChI is InChI=1S/C25H28N4O2/c1-26-25(27-12-11-17-7-4-6-16-5-2-3-8-20(16)17)28-13-14-29-23(30)21-18-9-10-19(15-18)22(21)24(29)31/h2-10,18-19,21-22H,11-15H2,1H3,(H2,26,27,28). The SMILES string of the molecule is CN=C(NCCc1cccc2ccccc12)NCCN1C(=O)C2C3C=CC(C3)C2C1=O. The lowest BCUT2D eigenvalue weighted by Gasteiger charge is -2.18. The predicted molar refractivity (Wildman–Crippen MR) is 121 cm³/mol. The molecule has 2 amide bonds. The molecular formula is C25H28N4O2. The summed E-state index contributed by atoms with van der Waals surface area (Å²) >= 11 is 0. The fourth-order valence-electron chi connectivity index (χ4n) is 5.52. The summed E-state index contributed by atoms with van der Waals surface area (Å²) in [7, 11) is 1.73. The minimum Gasteiger partial charge on any atom is -0.356 e. The zero-order valence-electron chi connectivity index (χ0n) is 17.8. The molecule has 1 saturated heterocycles. The number of carbonyl (C=O) groups excluding carboxylic acids is 2. The van der Waals surface area contributed by atoms with Gasteiger partial charge in [0.1, 0.15) is 0 Å². The van der Waals surface area contributed by atoms with Gasteiger partial charge in [-0.3, -0.25) is 19.5 Å². The summed E-state index contributed by atoms with van der Waals surface area (Å²) in [5, 5.41) is 9.10. The Labute approximate surface area is 182 Å². The van der Waals surface area contributed by atoms with E-state index in [0.717, 1.165) is 19.4 Å². The zero-order valence-corrected chi connectivity index (χ0v) is 17.8. The van der Waals surface area contributed by atoms with Crippen LogP contribution in [0.25, 0.3) is 10.8 Å². The summed E-state index contributed by atoms with van der Waals surface area (Å²) in [4.78, 5) is 31.3. The van der Waals surface area contributed by atoms with E-state index in [1.54, 1.807) is 7.05 Å². The van der Waals surface area contributed by atoms with Crippen LogP contribution in [0.15, 0.2) is 59.6 Å². The molecule has 2 aromatic rings. The van der Waals surface area contributed by atoms with Crippen molar-refractivity contribution >= 4 is 28.5 Å². The van der Waals surface area contributed by atoms with Crippen LogP contribution in [-0.4, -0.2) is 49.4 Å². The number of fused-ring (bicyclic) bond motifs is 6. The minimum atomic E-state index is -0.124. The highest BCUT2D eigenvalue weighted by Crippen LogP contribution is 2.52. The third-order valence-corrected chi connectivity index (χ3v) is 6.98. The van der Waals surface area contributed by atoms with E-state index in [9.17, 15) is 9.59 Å². The van der Waals surface area contributed by atoms with E-state index < -0.39 is 0 Å². The Balaban J connectivity index is 1.11. The molecule has 1 heterocycles. The van der Waals surface area contributed by atoms with E-state index in [0.29, 0.717) is 19.0 Å². The monoisotopic (exact) mass is 416 g/mol. The van der Waals surface area contributed by atoms with Gasteiger partial charge in [0.15, 0.2) is 5.96 Å². The Bertz CT molecular complexity index is 1040. The number of guanidine groups is 1. The molecule has 0 aromatic heterocycles. The van der Waals surface area contributed by atoms with Gasteiger partial charge in [0.25, 0.3) is 0 Å². The Hall–Kier alpha value is -3.15. The van der Waals surface area contributed by atoms with E-state index in [1.807, 2.05) is 0 Å². The van der Waals surface area contributed by atoms with Gasteiger partial charge in [-0.05, 0) is 41.0 Å². The Morgan fingerprint density at radius 1 is 0.968 bits per heavy atom. The number of imide groups is 1. The van der Waals surface area contributed by atoms with Gasteiger partial charge in [-0.1, -0.05) is 54.6 Å². The van der Waals surface area contributed by atoms with Crippen LogP contribution in [0.1, 0.15) is 12.0 Å². The van der Waals surface area contributed by atoms with Crippen LogP contribution in [0.3, 0.4) is 0 Å². The highest BCUT2D eigenvalue weighted by atomic mass is 16.2. The smallest absolute Gasteiger partial charge is 0.233 e. The van der Waals surface area contributed by atoms with E-state index in [4.69, 9.17) is 0 Å². The van der Waals surface area contributed by atoms with Crippen molar-refractivity contribution < 1.29 is 9.59 Å². The van der Waals surface area contributed by atoms with Gasteiger partial charge in [0, 0.05) is 26.7 Å². The van der Waals surface area contributed by atoms with Crippen molar-refractivity contribution in [3.05, 3.63) is 60.2 Å². The van der Waals surface area contributed by atoms with Gasteiger partial charge in [0.2, 0.25) is 11.8 Å². The highest BCUT2D eigenvalue weighted by Gasteiger charge is 2.58. The number of amides is 2. The van der Waals surface area contributed by atoms with Crippen LogP contribution in [-0.2, 0) is 16.0 Å². The molecule has 6 nitrogen and oxygen atoms in total. The molecule has 2 bridgehead atoms. The third kappa shape index (κ3) is 3.50. The van der Waals surface area contributed by atoms with Crippen LogP contribution in [0.2, 0.25) is 0 Å². The van der Waals surface area contributed by atoms with Gasteiger partial charge in [-0.2, -0.15) is 0 Å². The summed E-state index contributed by atoms with van der Waals surface area (Å²) in [6.07, 6.45) is 6.09. The fraction of sp³-hybridized carbons (Fsp3) is 0.400. The van der Waals surface area contributed by atoms with E-state index >= 15 is 0 Å². The second-order valence-corrected chi connectivity index (χ2v) is 8.64. The Morgan fingerprint density at radius 3 is 2.39 bits per heavy atom. The number of likely N-dealkylation sites (tertiary alicyclic amines) is 1. The number of benzene rings is 2. The summed E-state index contributed by atoms with van der Waals surface area (Å²) in [5.74, 6) is 0.962. The molecule has 0 radical (unpaired) electrons. The molecule has 1 saturated carbocycles. The number of rotatable bonds is 6. The van der Waals surface area contributed by atoms with Gasteiger partial charge in [0.05, 0.1) is 11.8 Å². The topological polar surface area (TPSA) is 73.8 Å². The second kappa shape index (κ2) is 8.17. The molecule has 1 aliphatic heterocycles. The molecule has 2 aliphatic carbocycles. The molecule has 2 N–H and O–H groups in total. The van der Waals surface area contributed by atoms with Gasteiger partial charge >= 0.3 is 0 Å². The van der Waals surface area contributed by atoms with Crippen molar-refractivity contribution in [3.63, 3.8) is 0 Å². The maximum absolute atomic E-state index is 12.8. The van der Waals surface area contributed by atoms with Crippen molar-refractivity contribution in [2.24, 2.45) is 28.7 Å². The average Bonchev–Trinajstić information content (AvgIpc) is 3.48. The summed E-state index contributed by atoms with van der Waals surface area (Å²) < 4.78 is 0. The molecule has 4 atom stereocenters. The molecular weight excluding hydrogens is 388 g/mol. The van der Waals surface area contributed by atoms with Crippen molar-refractivity contribution in [2.45, 2.75) is 12.8 Å². The van der Waals surface area contributed by atoms with Crippen LogP contribution in [0, 0.1) is 23.7 Å². The van der Waals surface area contributed by atoms with Crippen LogP contribution in [0.5, 0.6) is 0 Å². The first-order valence-corrected chi connectivity index (χ1v) is 11.1. The molecule has 31 heavy (non-hydrogen) atoms. The first-order chi connectivity index (χ1) is 15.2. The van der Waals surface area contributed by atoms with E-state index in [2.05, 4.69) is 70.2 Å². The summed E-state index contributed by atoms with van der Waals surface area (Å²) in [6, 6.07) is 14.8. The number of carbonyl (C=O) groups is 2. The van der Waals surface area contributed by atoms with Crippen molar-refractivity contribution in [1.29, 1.82) is 0 Å². The number of aliphatic imine (C=N–C) groups is 1. The quantitative estimate of drug-likeness (QED) is 0.328. The first-order valence-electron chi connectivity index (χ1n) is 11.1. The summed E-state index contributed by atoms with van der Waals surface area (Å²) in [6.45, 7) is 1.62. The highest BCUT2D eigenvalue weighted by molar-refractivity contribution is 6.06. The van der Waals surface area contributed by atoms with Gasteiger partial charge in [-0.25, -0.2) is 0 Å². The van der Waals surface area contributed by atoms with Gasteiger partial charge in [-0.15, -0.1) is 0 Å². The molecule has 0 spiro atoms. The number of nitrogens with zero attached hydrogens (tertiary/aromatic N) is 2. The number of nitrogens with one attached hydrogen (secondary N) is 2. The average molecular weight is 417 g/mol. The predicted octanol–water partition coefficient (Wildman–Crippen LogP) is 2.35. The van der Waals surface area contributed by atoms with Crippen molar-refractivity contribution in [3.8, 4) is 0 Å². The normalized spacial score (nSPS) is 26.7. The fourth-order valence-corrected chi connectivity index (χ4v) is 5.52. The van der Waals surface area contributed by atoms with Crippen LogP contribution >= 0.6 is 0 Å². The molecule has 6 heteroatoms. The lowest BCUT2D eigenvalue weighted by atomic mass is 9.85.